The molecule has 0 aliphatic carbocycles. The Morgan fingerprint density at radius 2 is 1.23 bits per heavy atom. The molecule has 0 aliphatic heterocycles. The Labute approximate surface area is 177 Å². The van der Waals surface area contributed by atoms with Gasteiger partial charge in [-0.2, -0.15) is 0 Å². The molecule has 0 radical (unpaired) electrons. The summed E-state index contributed by atoms with van der Waals surface area (Å²) >= 11 is 0. The molecule has 1 N–H and O–H groups in total. The van der Waals surface area contributed by atoms with Crippen molar-refractivity contribution in [3.63, 3.8) is 0 Å². The fourth-order valence-corrected chi connectivity index (χ4v) is 5.64. The summed E-state index contributed by atoms with van der Waals surface area (Å²) in [6, 6.07) is 36.0. The Morgan fingerprint density at radius 1 is 0.700 bits per heavy atom. The number of carbonyl (C=O) groups is 1. The van der Waals surface area contributed by atoms with Gasteiger partial charge in [-0.25, -0.2) is 4.79 Å². The molecule has 0 atom stereocenters. The van der Waals surface area contributed by atoms with Crippen LogP contribution < -0.4 is 15.9 Å². The van der Waals surface area contributed by atoms with Crippen LogP contribution in [0.4, 0.5) is 5.69 Å². The number of benzene rings is 4. The monoisotopic (exact) mass is 409 g/mol. The summed E-state index contributed by atoms with van der Waals surface area (Å²) in [5, 5.41) is 12.9. The number of nitrogens with zero attached hydrogens (tertiary/aromatic N) is 1. The molecule has 0 saturated heterocycles. The van der Waals surface area contributed by atoms with Gasteiger partial charge in [-0.15, -0.1) is 0 Å². The molecule has 0 saturated carbocycles. The third kappa shape index (κ3) is 4.53. The Balaban J connectivity index is 1.74. The Morgan fingerprint density at radius 3 is 1.80 bits per heavy atom. The van der Waals surface area contributed by atoms with Crippen LogP contribution in [-0.4, -0.2) is 17.3 Å². The van der Waals surface area contributed by atoms with E-state index in [4.69, 9.17) is 5.11 Å². The van der Waals surface area contributed by atoms with Gasteiger partial charge in [0.05, 0.1) is 11.3 Å². The second-order valence-corrected chi connectivity index (χ2v) is 8.86. The highest BCUT2D eigenvalue weighted by Crippen LogP contribution is 2.33. The van der Waals surface area contributed by atoms with Crippen LogP contribution in [-0.2, 0) is 0 Å². The van der Waals surface area contributed by atoms with Crippen molar-refractivity contribution in [1.82, 2.24) is 0 Å². The number of rotatable bonds is 6. The molecule has 4 aromatic carbocycles. The maximum atomic E-state index is 11.0. The first-order chi connectivity index (χ1) is 14.7. The molecule has 0 bridgehead atoms. The summed E-state index contributed by atoms with van der Waals surface area (Å²) < 4.78 is 0. The zero-order valence-corrected chi connectivity index (χ0v) is 17.1. The number of hydrogen-bond acceptors (Lipinski definition) is 2. The van der Waals surface area contributed by atoms with Crippen LogP contribution in [0.5, 0.6) is 0 Å². The molecule has 30 heavy (non-hydrogen) atoms. The summed E-state index contributed by atoms with van der Waals surface area (Å²) in [5.74, 6) is -0.938. The molecule has 0 amide bonds. The van der Waals surface area contributed by atoms with Crippen LogP contribution in [0.2, 0.25) is 0 Å². The molecule has 0 aromatic heterocycles. The summed E-state index contributed by atoms with van der Waals surface area (Å²) in [5.41, 5.74) is 2.03. The van der Waals surface area contributed by atoms with E-state index in [0.29, 0.717) is 0 Å². The highest BCUT2D eigenvalue weighted by atomic mass is 31.1. The van der Waals surface area contributed by atoms with E-state index in [9.17, 15) is 4.79 Å². The van der Waals surface area contributed by atoms with Crippen LogP contribution in [0.15, 0.2) is 114 Å². The molecule has 4 aromatic rings. The van der Waals surface area contributed by atoms with E-state index < -0.39 is 13.9 Å². The van der Waals surface area contributed by atoms with Gasteiger partial charge in [0.15, 0.2) is 0 Å². The molecule has 146 valence electrons. The average molecular weight is 409 g/mol. The number of carboxylic acid groups (broad SMARTS) is 1. The molecular formula is C26H20NO2P. The third-order valence-electron chi connectivity index (χ3n) is 4.67. The minimum atomic E-state index is -0.938. The molecule has 4 rings (SSSR count). The predicted molar refractivity (Wildman–Crippen MR) is 126 cm³/mol. The fourth-order valence-electron chi connectivity index (χ4n) is 3.22. The summed E-state index contributed by atoms with van der Waals surface area (Å²) in [7, 11) is -0.730. The first-order valence-electron chi connectivity index (χ1n) is 9.59. The molecule has 0 spiro atoms. The van der Waals surface area contributed by atoms with Crippen molar-refractivity contribution in [2.45, 2.75) is 0 Å². The Kier molecular flexibility index (Phi) is 6.12. The first kappa shape index (κ1) is 19.8. The van der Waals surface area contributed by atoms with Crippen molar-refractivity contribution in [2.75, 3.05) is 0 Å². The van der Waals surface area contributed by atoms with Crippen molar-refractivity contribution in [3.8, 4) is 0 Å². The quantitative estimate of drug-likeness (QED) is 0.364. The van der Waals surface area contributed by atoms with Crippen molar-refractivity contribution < 1.29 is 9.90 Å². The van der Waals surface area contributed by atoms with Gasteiger partial charge in [-0.1, -0.05) is 84.9 Å². The third-order valence-corrected chi connectivity index (χ3v) is 7.19. The fraction of sp³-hybridized carbons (Fsp3) is 0. The van der Waals surface area contributed by atoms with Gasteiger partial charge in [-0.05, 0) is 48.1 Å². The largest absolute Gasteiger partial charge is 0.478 e. The number of hydrogen-bond donors (Lipinski definition) is 1. The summed E-state index contributed by atoms with van der Waals surface area (Å²) in [4.78, 5) is 15.6. The Bertz CT molecular complexity index is 1120. The van der Waals surface area contributed by atoms with Crippen molar-refractivity contribution in [2.24, 2.45) is 4.99 Å². The van der Waals surface area contributed by atoms with E-state index in [1.54, 1.807) is 24.3 Å². The number of aromatic carboxylic acids is 1. The van der Waals surface area contributed by atoms with E-state index in [0.717, 1.165) is 11.3 Å². The molecule has 4 heteroatoms. The van der Waals surface area contributed by atoms with E-state index in [-0.39, 0.29) is 5.56 Å². The van der Waals surface area contributed by atoms with Gasteiger partial charge in [-0.3, -0.25) is 4.99 Å². The lowest BCUT2D eigenvalue weighted by Gasteiger charge is -2.21. The number of carboxylic acids is 1. The highest BCUT2D eigenvalue weighted by Gasteiger charge is 2.18. The molecular weight excluding hydrogens is 389 g/mol. The zero-order chi connectivity index (χ0) is 20.8. The SMILES string of the molecule is O=C(O)c1ccc(N=Cc2ccccc2P(c2ccccc2)c2ccccc2)cc1. The lowest BCUT2D eigenvalue weighted by Crippen LogP contribution is -2.23. The zero-order valence-electron chi connectivity index (χ0n) is 16.2. The van der Waals surface area contributed by atoms with Gasteiger partial charge in [0, 0.05) is 11.8 Å². The number of aliphatic imine (C=N–C) groups is 1. The molecule has 0 heterocycles. The van der Waals surface area contributed by atoms with Crippen LogP contribution in [0.25, 0.3) is 0 Å². The minimum Gasteiger partial charge on any atom is -0.478 e. The van der Waals surface area contributed by atoms with Crippen LogP contribution >= 0.6 is 7.92 Å². The van der Waals surface area contributed by atoms with Gasteiger partial charge >= 0.3 is 5.97 Å². The van der Waals surface area contributed by atoms with Gasteiger partial charge in [0.1, 0.15) is 0 Å². The lowest BCUT2D eigenvalue weighted by atomic mass is 10.2. The first-order valence-corrected chi connectivity index (χ1v) is 10.9. The lowest BCUT2D eigenvalue weighted by molar-refractivity contribution is 0.0697. The molecule has 0 unspecified atom stereocenters. The van der Waals surface area contributed by atoms with E-state index in [1.807, 2.05) is 24.4 Å². The van der Waals surface area contributed by atoms with Crippen LogP contribution in [0.1, 0.15) is 15.9 Å². The molecule has 0 fully saturated rings. The van der Waals surface area contributed by atoms with E-state index >= 15 is 0 Å². The summed E-state index contributed by atoms with van der Waals surface area (Å²) in [6.45, 7) is 0. The smallest absolute Gasteiger partial charge is 0.335 e. The van der Waals surface area contributed by atoms with Crippen molar-refractivity contribution in [3.05, 3.63) is 120 Å². The second kappa shape index (κ2) is 9.30. The van der Waals surface area contributed by atoms with Crippen LogP contribution in [0.3, 0.4) is 0 Å². The molecule has 0 aliphatic rings. The van der Waals surface area contributed by atoms with Gasteiger partial charge < -0.3 is 5.11 Å². The van der Waals surface area contributed by atoms with Gasteiger partial charge in [0.2, 0.25) is 0 Å². The normalized spacial score (nSPS) is 11.1. The topological polar surface area (TPSA) is 49.7 Å². The standard InChI is InChI=1S/C26H20NO2P/c28-26(29)20-15-17-22(18-16-20)27-19-21-9-7-8-14-25(21)30(23-10-3-1-4-11-23)24-12-5-2-6-13-24/h1-19H,(H,28,29). The van der Waals surface area contributed by atoms with E-state index in [1.165, 1.54) is 15.9 Å². The van der Waals surface area contributed by atoms with Gasteiger partial charge in [0.25, 0.3) is 0 Å². The Hall–Kier alpha value is -3.55. The van der Waals surface area contributed by atoms with Crippen molar-refractivity contribution in [1.29, 1.82) is 0 Å². The maximum Gasteiger partial charge on any atom is 0.335 e. The summed E-state index contributed by atoms with van der Waals surface area (Å²) in [6.07, 6.45) is 1.87. The average Bonchev–Trinajstić information content (AvgIpc) is 2.80. The minimum absolute atomic E-state index is 0.256. The van der Waals surface area contributed by atoms with Crippen molar-refractivity contribution >= 4 is 41.7 Å². The molecule has 3 nitrogen and oxygen atoms in total. The maximum absolute atomic E-state index is 11.0. The highest BCUT2D eigenvalue weighted by molar-refractivity contribution is 7.80. The second-order valence-electron chi connectivity index (χ2n) is 6.68. The predicted octanol–water partition coefficient (Wildman–Crippen LogP) is 4.89. The van der Waals surface area contributed by atoms with E-state index in [2.05, 4.69) is 71.7 Å². The van der Waals surface area contributed by atoms with Crippen LogP contribution in [0, 0.1) is 0 Å².